The lowest BCUT2D eigenvalue weighted by molar-refractivity contribution is 0.0948. The zero-order chi connectivity index (χ0) is 28.2. The summed E-state index contributed by atoms with van der Waals surface area (Å²) >= 11 is 0. The molecule has 3 heterocycles. The van der Waals surface area contributed by atoms with Crippen molar-refractivity contribution in [2.75, 3.05) is 33.2 Å². The molecule has 14 heteroatoms. The number of nitrogens with zero attached hydrogens (tertiary/aromatic N) is 6. The second-order valence-corrected chi connectivity index (χ2v) is 10.5. The van der Waals surface area contributed by atoms with Gasteiger partial charge in [0.05, 0.1) is 33.7 Å². The van der Waals surface area contributed by atoms with Gasteiger partial charge in [0, 0.05) is 25.1 Å². The molecule has 3 aromatic heterocycles. The average Bonchev–Trinajstić information content (AvgIpc) is 3.35. The van der Waals surface area contributed by atoms with E-state index in [1.807, 2.05) is 13.0 Å². The second-order valence-electron chi connectivity index (χ2n) is 8.43. The quantitative estimate of drug-likeness (QED) is 0.291. The zero-order valence-electron chi connectivity index (χ0n) is 22.3. The monoisotopic (exact) mass is 555 g/mol. The number of aryl methyl sites for hydroxylation is 1. The minimum atomic E-state index is -4.14. The molecule has 13 nitrogen and oxygen atoms in total. The SMILES string of the molecule is COc1cnc([C@@H](OC)[C@@H](C)S(=O)(=O)Nc2nnc(-c3cncc(C)c3)n2-c2c(OC)cccc2OC)nc1. The van der Waals surface area contributed by atoms with Crippen molar-refractivity contribution in [2.24, 2.45) is 0 Å². The number of benzene rings is 1. The molecular formula is C25H29N7O6S. The number of anilines is 1. The van der Waals surface area contributed by atoms with Crippen LogP contribution >= 0.6 is 0 Å². The van der Waals surface area contributed by atoms with E-state index in [0.717, 1.165) is 5.56 Å². The third-order valence-corrected chi connectivity index (χ3v) is 7.66. The molecule has 4 aromatic rings. The fourth-order valence-corrected chi connectivity index (χ4v) is 5.08. The molecule has 0 saturated carbocycles. The van der Waals surface area contributed by atoms with Gasteiger partial charge in [-0.1, -0.05) is 6.07 Å². The van der Waals surface area contributed by atoms with Gasteiger partial charge in [-0.15, -0.1) is 10.2 Å². The predicted octanol–water partition coefficient (Wildman–Crippen LogP) is 2.97. The van der Waals surface area contributed by atoms with Crippen molar-refractivity contribution in [3.05, 3.63) is 60.4 Å². The molecule has 0 bridgehead atoms. The Kier molecular flexibility index (Phi) is 8.26. The minimum Gasteiger partial charge on any atom is -0.494 e. The summed E-state index contributed by atoms with van der Waals surface area (Å²) in [7, 11) is 1.73. The first kappa shape index (κ1) is 27.7. The lowest BCUT2D eigenvalue weighted by atomic mass is 10.2. The zero-order valence-corrected chi connectivity index (χ0v) is 23.1. The first-order chi connectivity index (χ1) is 18.7. The maximum absolute atomic E-state index is 13.7. The summed E-state index contributed by atoms with van der Waals surface area (Å²) in [6.07, 6.45) is 5.19. The van der Waals surface area contributed by atoms with Crippen molar-refractivity contribution in [2.45, 2.75) is 25.2 Å². The van der Waals surface area contributed by atoms with Gasteiger partial charge in [0.25, 0.3) is 0 Å². The van der Waals surface area contributed by atoms with Crippen LogP contribution in [0.3, 0.4) is 0 Å². The summed E-state index contributed by atoms with van der Waals surface area (Å²) in [6, 6.07) is 7.06. The van der Waals surface area contributed by atoms with Gasteiger partial charge in [0.1, 0.15) is 28.5 Å². The number of sulfonamides is 1. The summed E-state index contributed by atoms with van der Waals surface area (Å²) in [5, 5.41) is 7.36. The molecule has 4 rings (SSSR count). The second kappa shape index (κ2) is 11.6. The van der Waals surface area contributed by atoms with Crippen molar-refractivity contribution >= 4 is 16.0 Å². The van der Waals surface area contributed by atoms with Gasteiger partial charge in [-0.2, -0.15) is 0 Å². The Morgan fingerprint density at radius 3 is 2.15 bits per heavy atom. The van der Waals surface area contributed by atoms with Gasteiger partial charge in [-0.05, 0) is 37.6 Å². The third kappa shape index (κ3) is 5.61. The van der Waals surface area contributed by atoms with Crippen LogP contribution in [0.15, 0.2) is 49.1 Å². The standard InChI is InChI=1S/C25H29N7O6S/c1-15-10-17(12-26-11-15)24-29-30-25(32(24)21-19(36-4)8-7-9-20(21)37-5)31-39(33,34)16(2)22(38-6)23-27-13-18(35-3)14-28-23/h7-14,16,22H,1-6H3,(H,30,31)/t16-,22+/m1/s1. The number of ether oxygens (including phenoxy) is 4. The summed E-state index contributed by atoms with van der Waals surface area (Å²) in [5.74, 6) is 1.65. The van der Waals surface area contributed by atoms with Crippen molar-refractivity contribution in [1.29, 1.82) is 0 Å². The highest BCUT2D eigenvalue weighted by Gasteiger charge is 2.35. The first-order valence-electron chi connectivity index (χ1n) is 11.7. The van der Waals surface area contributed by atoms with E-state index < -0.39 is 21.4 Å². The molecule has 0 amide bonds. The first-order valence-corrected chi connectivity index (χ1v) is 13.3. The number of hydrogen-bond donors (Lipinski definition) is 1. The maximum Gasteiger partial charge on any atom is 0.243 e. The van der Waals surface area contributed by atoms with E-state index in [1.54, 1.807) is 30.6 Å². The Morgan fingerprint density at radius 1 is 0.923 bits per heavy atom. The minimum absolute atomic E-state index is 0.0911. The normalized spacial score (nSPS) is 13.0. The smallest absolute Gasteiger partial charge is 0.243 e. The Bertz CT molecular complexity index is 1520. The highest BCUT2D eigenvalue weighted by molar-refractivity contribution is 7.93. The van der Waals surface area contributed by atoms with Gasteiger partial charge >= 0.3 is 0 Å². The highest BCUT2D eigenvalue weighted by Crippen LogP contribution is 2.38. The van der Waals surface area contributed by atoms with E-state index in [0.29, 0.717) is 34.3 Å². The number of rotatable bonds is 11. The van der Waals surface area contributed by atoms with E-state index in [-0.39, 0.29) is 11.8 Å². The highest BCUT2D eigenvalue weighted by atomic mass is 32.2. The number of methoxy groups -OCH3 is 4. The van der Waals surface area contributed by atoms with E-state index in [1.165, 1.54) is 52.3 Å². The molecule has 0 aliphatic heterocycles. The van der Waals surface area contributed by atoms with Crippen LogP contribution in [0.25, 0.3) is 17.1 Å². The van der Waals surface area contributed by atoms with Crippen LogP contribution in [-0.2, 0) is 14.8 Å². The van der Waals surface area contributed by atoms with Crippen molar-refractivity contribution in [3.63, 3.8) is 0 Å². The van der Waals surface area contributed by atoms with Crippen molar-refractivity contribution in [1.82, 2.24) is 29.7 Å². The topological polar surface area (TPSA) is 152 Å². The maximum atomic E-state index is 13.7. The van der Waals surface area contributed by atoms with Crippen LogP contribution in [0.4, 0.5) is 5.95 Å². The molecule has 0 aliphatic carbocycles. The molecule has 0 unspecified atom stereocenters. The van der Waals surface area contributed by atoms with E-state index in [4.69, 9.17) is 18.9 Å². The number of hydrogen-bond acceptors (Lipinski definition) is 11. The van der Waals surface area contributed by atoms with Crippen LogP contribution in [0.1, 0.15) is 24.4 Å². The molecule has 0 spiro atoms. The molecular weight excluding hydrogens is 526 g/mol. The Labute approximate surface area is 226 Å². The van der Waals surface area contributed by atoms with E-state index in [2.05, 4.69) is 29.9 Å². The summed E-state index contributed by atoms with van der Waals surface area (Å²) in [6.45, 7) is 3.37. The summed E-state index contributed by atoms with van der Waals surface area (Å²) < 4.78 is 53.2. The van der Waals surface area contributed by atoms with Gasteiger partial charge < -0.3 is 18.9 Å². The molecule has 0 radical (unpaired) electrons. The molecule has 0 fully saturated rings. The van der Waals surface area contributed by atoms with Crippen molar-refractivity contribution < 1.29 is 27.4 Å². The van der Waals surface area contributed by atoms with Crippen LogP contribution in [0.2, 0.25) is 0 Å². The number of nitrogens with one attached hydrogen (secondary N) is 1. The van der Waals surface area contributed by atoms with Gasteiger partial charge in [-0.3, -0.25) is 14.3 Å². The van der Waals surface area contributed by atoms with E-state index in [9.17, 15) is 8.42 Å². The fraction of sp³-hybridized carbons (Fsp3) is 0.320. The molecule has 1 N–H and O–H groups in total. The lowest BCUT2D eigenvalue weighted by Crippen LogP contribution is -2.33. The largest absolute Gasteiger partial charge is 0.494 e. The van der Waals surface area contributed by atoms with Crippen LogP contribution < -0.4 is 18.9 Å². The van der Waals surface area contributed by atoms with Gasteiger partial charge in [0.2, 0.25) is 16.0 Å². The van der Waals surface area contributed by atoms with Gasteiger partial charge in [0.15, 0.2) is 17.4 Å². The van der Waals surface area contributed by atoms with E-state index >= 15 is 0 Å². The average molecular weight is 556 g/mol. The third-order valence-electron chi connectivity index (χ3n) is 5.96. The lowest BCUT2D eigenvalue weighted by Gasteiger charge is -2.23. The predicted molar refractivity (Wildman–Crippen MR) is 143 cm³/mol. The van der Waals surface area contributed by atoms with Crippen LogP contribution in [-0.4, -0.2) is 71.8 Å². The van der Waals surface area contributed by atoms with Crippen LogP contribution in [0, 0.1) is 6.92 Å². The molecule has 2 atom stereocenters. The molecule has 206 valence electrons. The summed E-state index contributed by atoms with van der Waals surface area (Å²) in [4.78, 5) is 12.6. The molecule has 0 saturated heterocycles. The fourth-order valence-electron chi connectivity index (χ4n) is 3.95. The molecule has 0 aliphatic rings. The Morgan fingerprint density at radius 2 is 1.59 bits per heavy atom. The Balaban J connectivity index is 1.82. The van der Waals surface area contributed by atoms with Crippen LogP contribution in [0.5, 0.6) is 17.2 Å². The van der Waals surface area contributed by atoms with Crippen molar-refractivity contribution in [3.8, 4) is 34.3 Å². The number of aromatic nitrogens is 6. The molecule has 1 aromatic carbocycles. The Hall–Kier alpha value is -4.30. The number of para-hydroxylation sites is 1. The summed E-state index contributed by atoms with van der Waals surface area (Å²) in [5.41, 5.74) is 1.89. The van der Waals surface area contributed by atoms with Gasteiger partial charge in [-0.25, -0.2) is 18.4 Å². The molecule has 39 heavy (non-hydrogen) atoms. The number of pyridine rings is 1.